The highest BCUT2D eigenvalue weighted by atomic mass is 32.2. The summed E-state index contributed by atoms with van der Waals surface area (Å²) < 4.78 is 34.0. The van der Waals surface area contributed by atoms with E-state index in [1.54, 1.807) is 26.1 Å². The summed E-state index contributed by atoms with van der Waals surface area (Å²) >= 11 is 0. The summed E-state index contributed by atoms with van der Waals surface area (Å²) in [5, 5.41) is 4.10. The van der Waals surface area contributed by atoms with Crippen LogP contribution >= 0.6 is 0 Å². The molecule has 7 nitrogen and oxygen atoms in total. The average molecular weight is 349 g/mol. The van der Waals surface area contributed by atoms with Crippen molar-refractivity contribution in [1.29, 1.82) is 0 Å². The third kappa shape index (κ3) is 2.77. The lowest BCUT2D eigenvalue weighted by Crippen LogP contribution is -2.17. The van der Waals surface area contributed by atoms with Gasteiger partial charge in [0, 0.05) is 7.05 Å². The molecular weight excluding hydrogens is 330 g/mol. The maximum absolute atomic E-state index is 12.7. The summed E-state index contributed by atoms with van der Waals surface area (Å²) in [5.74, 6) is -0.648. The van der Waals surface area contributed by atoms with Gasteiger partial charge >= 0.3 is 5.97 Å². The zero-order valence-corrected chi connectivity index (χ0v) is 14.6. The molecule has 0 bridgehead atoms. The minimum absolute atomic E-state index is 0.0692. The molecule has 0 fully saturated rings. The number of rotatable bonds is 4. The zero-order valence-electron chi connectivity index (χ0n) is 13.8. The van der Waals surface area contributed by atoms with Crippen molar-refractivity contribution in [1.82, 2.24) is 9.78 Å². The smallest absolute Gasteiger partial charge is 0.358 e. The van der Waals surface area contributed by atoms with Gasteiger partial charge in [-0.1, -0.05) is 6.07 Å². The highest BCUT2D eigenvalue weighted by Gasteiger charge is 2.26. The molecule has 1 heterocycles. The number of nitrogens with one attached hydrogen (secondary N) is 1. The number of aryl methyl sites for hydroxylation is 4. The fraction of sp³-hybridized carbons (Fsp3) is 0.375. The van der Waals surface area contributed by atoms with Crippen LogP contribution in [0, 0.1) is 6.92 Å². The number of nitrogens with zero attached hydrogens (tertiary/aromatic N) is 2. The van der Waals surface area contributed by atoms with Crippen LogP contribution in [0.15, 0.2) is 23.1 Å². The van der Waals surface area contributed by atoms with E-state index < -0.39 is 16.0 Å². The van der Waals surface area contributed by atoms with Crippen LogP contribution in [0.2, 0.25) is 0 Å². The molecule has 1 aliphatic carbocycles. The van der Waals surface area contributed by atoms with E-state index in [0.29, 0.717) is 5.69 Å². The second-order valence-corrected chi connectivity index (χ2v) is 7.50. The number of hydrogen-bond donors (Lipinski definition) is 1. The Kier molecular flexibility index (Phi) is 4.08. The lowest BCUT2D eigenvalue weighted by Gasteiger charge is -2.10. The van der Waals surface area contributed by atoms with Gasteiger partial charge in [-0.25, -0.2) is 13.2 Å². The van der Waals surface area contributed by atoms with Gasteiger partial charge in [0.2, 0.25) is 0 Å². The van der Waals surface area contributed by atoms with Crippen LogP contribution in [-0.2, 0) is 34.6 Å². The van der Waals surface area contributed by atoms with Gasteiger partial charge in [-0.15, -0.1) is 0 Å². The van der Waals surface area contributed by atoms with Crippen LogP contribution < -0.4 is 4.72 Å². The Bertz CT molecular complexity index is 916. The predicted molar refractivity (Wildman–Crippen MR) is 88.6 cm³/mol. The monoisotopic (exact) mass is 349 g/mol. The number of carbonyl (C=O) groups is 1. The van der Waals surface area contributed by atoms with Crippen LogP contribution in [0.25, 0.3) is 0 Å². The van der Waals surface area contributed by atoms with Crippen LogP contribution in [0.5, 0.6) is 0 Å². The number of benzene rings is 1. The van der Waals surface area contributed by atoms with E-state index in [4.69, 9.17) is 4.74 Å². The van der Waals surface area contributed by atoms with Crippen LogP contribution in [0.3, 0.4) is 0 Å². The molecule has 0 aliphatic heterocycles. The summed E-state index contributed by atoms with van der Waals surface area (Å²) in [5.41, 5.74) is 2.88. The minimum Gasteiger partial charge on any atom is -0.464 e. The molecule has 1 aromatic heterocycles. The Balaban J connectivity index is 2.00. The molecule has 1 aromatic carbocycles. The molecule has 2 aromatic rings. The Morgan fingerprint density at radius 3 is 2.71 bits per heavy atom. The van der Waals surface area contributed by atoms with Crippen molar-refractivity contribution in [2.24, 2.45) is 7.05 Å². The van der Waals surface area contributed by atoms with Crippen molar-refractivity contribution in [2.45, 2.75) is 31.1 Å². The predicted octanol–water partition coefficient (Wildman–Crippen LogP) is 1.80. The summed E-state index contributed by atoms with van der Waals surface area (Å²) in [6.07, 6.45) is 2.91. The maximum atomic E-state index is 12.7. The van der Waals surface area contributed by atoms with Crippen molar-refractivity contribution in [3.8, 4) is 0 Å². The highest BCUT2D eigenvalue weighted by molar-refractivity contribution is 7.92. The molecule has 0 spiro atoms. The van der Waals surface area contributed by atoms with Gasteiger partial charge in [0.25, 0.3) is 10.0 Å². The molecule has 0 atom stereocenters. The molecule has 0 saturated carbocycles. The number of esters is 1. The van der Waals surface area contributed by atoms with Crippen molar-refractivity contribution in [2.75, 3.05) is 11.8 Å². The molecular formula is C16H19N3O4S. The van der Waals surface area contributed by atoms with Crippen LogP contribution in [0.4, 0.5) is 5.69 Å². The fourth-order valence-corrected chi connectivity index (χ4v) is 4.20. The number of fused-ring (bicyclic) bond motifs is 1. The van der Waals surface area contributed by atoms with E-state index in [2.05, 4.69) is 9.82 Å². The molecule has 0 amide bonds. The first-order chi connectivity index (χ1) is 11.3. The normalized spacial score (nSPS) is 13.6. The third-order valence-corrected chi connectivity index (χ3v) is 5.57. The molecule has 1 N–H and O–H groups in total. The summed E-state index contributed by atoms with van der Waals surface area (Å²) in [4.78, 5) is 12.1. The summed E-state index contributed by atoms with van der Waals surface area (Å²) in [7, 11) is -1.02. The number of carbonyl (C=O) groups excluding carboxylic acids is 1. The molecule has 3 rings (SSSR count). The second kappa shape index (κ2) is 5.94. The van der Waals surface area contributed by atoms with E-state index in [-0.39, 0.29) is 16.3 Å². The molecule has 0 unspecified atom stereocenters. The topological polar surface area (TPSA) is 90.3 Å². The van der Waals surface area contributed by atoms with Gasteiger partial charge in [-0.05, 0) is 49.4 Å². The summed E-state index contributed by atoms with van der Waals surface area (Å²) in [6.45, 7) is 1.63. The standard InChI is InChI=1S/C16H19N3O4S/c1-10-14(15(16(20)23-3)19(2)17-10)18-24(21,22)13-8-7-11-5-4-6-12(11)9-13/h7-9,18H,4-6H2,1-3H3. The minimum atomic E-state index is -3.82. The van der Waals surface area contributed by atoms with Crippen molar-refractivity contribution in [3.63, 3.8) is 0 Å². The quantitative estimate of drug-likeness (QED) is 0.850. The van der Waals surface area contributed by atoms with E-state index in [1.165, 1.54) is 17.4 Å². The first-order valence-electron chi connectivity index (χ1n) is 7.60. The van der Waals surface area contributed by atoms with E-state index in [0.717, 1.165) is 24.8 Å². The molecule has 0 saturated heterocycles. The Morgan fingerprint density at radius 1 is 1.29 bits per heavy atom. The SMILES string of the molecule is COC(=O)c1c(NS(=O)(=O)c2ccc3c(c2)CCC3)c(C)nn1C. The first kappa shape index (κ1) is 16.5. The van der Waals surface area contributed by atoms with Crippen molar-refractivity contribution in [3.05, 3.63) is 40.7 Å². The zero-order chi connectivity index (χ0) is 17.5. The Morgan fingerprint density at radius 2 is 2.00 bits per heavy atom. The van der Waals surface area contributed by atoms with Gasteiger partial charge in [0.1, 0.15) is 5.69 Å². The fourth-order valence-electron chi connectivity index (χ4n) is 3.02. The molecule has 0 radical (unpaired) electrons. The third-order valence-electron chi connectivity index (χ3n) is 4.22. The van der Waals surface area contributed by atoms with Crippen molar-refractivity contribution < 1.29 is 17.9 Å². The maximum Gasteiger partial charge on any atom is 0.358 e. The van der Waals surface area contributed by atoms with Gasteiger partial charge in [-0.3, -0.25) is 9.40 Å². The van der Waals surface area contributed by atoms with Gasteiger partial charge in [0.15, 0.2) is 5.69 Å². The van der Waals surface area contributed by atoms with E-state index in [1.807, 2.05) is 6.07 Å². The van der Waals surface area contributed by atoms with E-state index in [9.17, 15) is 13.2 Å². The number of ether oxygens (including phenoxy) is 1. The number of aromatic nitrogens is 2. The summed E-state index contributed by atoms with van der Waals surface area (Å²) in [6, 6.07) is 5.15. The second-order valence-electron chi connectivity index (χ2n) is 5.81. The van der Waals surface area contributed by atoms with Crippen LogP contribution in [-0.4, -0.2) is 31.3 Å². The molecule has 1 aliphatic rings. The lowest BCUT2D eigenvalue weighted by molar-refractivity contribution is 0.0589. The van der Waals surface area contributed by atoms with Gasteiger partial charge in [-0.2, -0.15) is 5.10 Å². The number of sulfonamides is 1. The molecule has 24 heavy (non-hydrogen) atoms. The number of hydrogen-bond acceptors (Lipinski definition) is 5. The Labute approximate surface area is 140 Å². The van der Waals surface area contributed by atoms with Gasteiger partial charge < -0.3 is 4.74 Å². The number of methoxy groups -OCH3 is 1. The molecule has 8 heteroatoms. The highest BCUT2D eigenvalue weighted by Crippen LogP contribution is 2.28. The van der Waals surface area contributed by atoms with Crippen molar-refractivity contribution >= 4 is 21.7 Å². The largest absolute Gasteiger partial charge is 0.464 e. The Hall–Kier alpha value is -2.35. The van der Waals surface area contributed by atoms with E-state index >= 15 is 0 Å². The average Bonchev–Trinajstić information content (AvgIpc) is 3.10. The lowest BCUT2D eigenvalue weighted by atomic mass is 10.1. The van der Waals surface area contributed by atoms with Crippen LogP contribution in [0.1, 0.15) is 33.7 Å². The first-order valence-corrected chi connectivity index (χ1v) is 9.08. The van der Waals surface area contributed by atoms with Gasteiger partial charge in [0.05, 0.1) is 17.7 Å². The number of anilines is 1. The molecule has 128 valence electrons.